The minimum absolute atomic E-state index is 0.566. The van der Waals surface area contributed by atoms with E-state index in [0.29, 0.717) is 5.82 Å². The zero-order valence-electron chi connectivity index (χ0n) is 9.69. The van der Waals surface area contributed by atoms with Gasteiger partial charge >= 0.3 is 0 Å². The minimum atomic E-state index is 0.566. The zero-order chi connectivity index (χ0) is 12.3. The Hall–Kier alpha value is -0.790. The van der Waals surface area contributed by atoms with Crippen LogP contribution >= 0.6 is 34.6 Å². The lowest BCUT2D eigenvalue weighted by atomic mass is 10.3. The molecule has 0 saturated carbocycles. The number of hydrogen-bond acceptors (Lipinski definition) is 7. The highest BCUT2D eigenvalue weighted by Gasteiger charge is 2.16. The molecule has 2 heterocycles. The molecule has 0 saturated heterocycles. The highest BCUT2D eigenvalue weighted by atomic mass is 32.2. The Morgan fingerprint density at radius 1 is 1.53 bits per heavy atom. The Bertz CT molecular complexity index is 491. The largest absolute Gasteiger partial charge is 0.382 e. The van der Waals surface area contributed by atoms with Gasteiger partial charge in [-0.2, -0.15) is 16.1 Å². The van der Waals surface area contributed by atoms with Crippen LogP contribution in [0, 0.1) is 6.92 Å². The van der Waals surface area contributed by atoms with Crippen molar-refractivity contribution in [1.29, 1.82) is 0 Å². The number of nitrogens with one attached hydrogen (secondary N) is 1. The Morgan fingerprint density at radius 3 is 3.00 bits per heavy atom. The molecule has 0 aliphatic heterocycles. The molecule has 2 aromatic rings. The van der Waals surface area contributed by atoms with Gasteiger partial charge in [-0.15, -0.1) is 11.3 Å². The number of aryl methyl sites for hydroxylation is 1. The standard InChI is InChI=1S/C10H14N4S3/c1-6-5-16-10(13-6)7-8(11)14-17-9(7)12-3-4-15-2/h5,12H,3-4H2,1-2H3,(H2,11,14). The first-order valence-electron chi connectivity index (χ1n) is 5.13. The molecule has 0 amide bonds. The summed E-state index contributed by atoms with van der Waals surface area (Å²) in [6.07, 6.45) is 2.09. The number of aromatic nitrogens is 2. The molecule has 0 spiro atoms. The number of hydrogen-bond donors (Lipinski definition) is 2. The molecule has 0 bridgehead atoms. The third-order valence-corrected chi connectivity index (χ3v) is 4.55. The second-order valence-corrected chi connectivity index (χ2v) is 6.10. The normalized spacial score (nSPS) is 10.7. The average molecular weight is 286 g/mol. The lowest BCUT2D eigenvalue weighted by molar-refractivity contribution is 1.24. The Morgan fingerprint density at radius 2 is 2.35 bits per heavy atom. The van der Waals surface area contributed by atoms with E-state index >= 15 is 0 Å². The molecule has 4 nitrogen and oxygen atoms in total. The Balaban J connectivity index is 2.23. The van der Waals surface area contributed by atoms with Crippen molar-refractivity contribution in [1.82, 2.24) is 9.36 Å². The van der Waals surface area contributed by atoms with E-state index < -0.39 is 0 Å². The van der Waals surface area contributed by atoms with Crippen LogP contribution in [-0.2, 0) is 0 Å². The highest BCUT2D eigenvalue weighted by Crippen LogP contribution is 2.38. The van der Waals surface area contributed by atoms with Gasteiger partial charge in [-0.05, 0) is 24.7 Å². The summed E-state index contributed by atoms with van der Waals surface area (Å²) in [5.41, 5.74) is 7.88. The van der Waals surface area contributed by atoms with E-state index in [1.165, 1.54) is 11.5 Å². The van der Waals surface area contributed by atoms with Crippen molar-refractivity contribution in [3.63, 3.8) is 0 Å². The molecule has 17 heavy (non-hydrogen) atoms. The number of nitrogens with two attached hydrogens (primary N) is 1. The average Bonchev–Trinajstić information content (AvgIpc) is 2.86. The van der Waals surface area contributed by atoms with Crippen molar-refractivity contribution < 1.29 is 0 Å². The molecule has 2 aromatic heterocycles. The zero-order valence-corrected chi connectivity index (χ0v) is 12.1. The lowest BCUT2D eigenvalue weighted by Crippen LogP contribution is -2.03. The van der Waals surface area contributed by atoms with Crippen LogP contribution in [0.5, 0.6) is 0 Å². The summed E-state index contributed by atoms with van der Waals surface area (Å²) >= 11 is 4.82. The van der Waals surface area contributed by atoms with E-state index in [0.717, 1.165) is 33.6 Å². The van der Waals surface area contributed by atoms with E-state index in [2.05, 4.69) is 20.9 Å². The lowest BCUT2D eigenvalue weighted by Gasteiger charge is -2.03. The van der Waals surface area contributed by atoms with Gasteiger partial charge in [0.15, 0.2) is 0 Å². The maximum atomic E-state index is 5.91. The predicted molar refractivity (Wildman–Crippen MR) is 79.2 cm³/mol. The van der Waals surface area contributed by atoms with Crippen molar-refractivity contribution >= 4 is 45.5 Å². The van der Waals surface area contributed by atoms with Crippen molar-refractivity contribution in [2.45, 2.75) is 6.92 Å². The Kier molecular flexibility index (Phi) is 4.25. The number of nitrogens with zero attached hydrogens (tertiary/aromatic N) is 2. The van der Waals surface area contributed by atoms with Gasteiger partial charge in [0.05, 0.1) is 5.56 Å². The smallest absolute Gasteiger partial charge is 0.149 e. The fraction of sp³-hybridized carbons (Fsp3) is 0.400. The monoisotopic (exact) mass is 286 g/mol. The molecule has 0 aliphatic carbocycles. The molecule has 3 N–H and O–H groups in total. The fourth-order valence-corrected chi connectivity index (χ4v) is 3.33. The second-order valence-electron chi connectivity index (χ2n) is 3.49. The van der Waals surface area contributed by atoms with Crippen LogP contribution in [0.25, 0.3) is 10.6 Å². The molecule has 0 unspecified atom stereocenters. The summed E-state index contributed by atoms with van der Waals surface area (Å²) in [5.74, 6) is 1.63. The third-order valence-electron chi connectivity index (χ3n) is 2.14. The number of thioether (sulfide) groups is 1. The first-order valence-corrected chi connectivity index (χ1v) is 8.17. The van der Waals surface area contributed by atoms with Gasteiger partial charge in [-0.25, -0.2) is 4.98 Å². The van der Waals surface area contributed by atoms with E-state index in [-0.39, 0.29) is 0 Å². The summed E-state index contributed by atoms with van der Waals surface area (Å²) in [6.45, 7) is 2.90. The van der Waals surface area contributed by atoms with Crippen LogP contribution in [0.1, 0.15) is 5.69 Å². The van der Waals surface area contributed by atoms with Gasteiger partial charge in [0.25, 0.3) is 0 Å². The molecular weight excluding hydrogens is 272 g/mol. The van der Waals surface area contributed by atoms with Crippen LogP contribution in [-0.4, -0.2) is 27.9 Å². The molecule has 0 atom stereocenters. The number of rotatable bonds is 5. The third kappa shape index (κ3) is 2.91. The fourth-order valence-electron chi connectivity index (χ4n) is 1.37. The van der Waals surface area contributed by atoms with Crippen LogP contribution in [0.3, 0.4) is 0 Å². The first kappa shape index (κ1) is 12.7. The van der Waals surface area contributed by atoms with Crippen LogP contribution in [0.2, 0.25) is 0 Å². The van der Waals surface area contributed by atoms with Crippen molar-refractivity contribution in [3.8, 4) is 10.6 Å². The number of thiazole rings is 1. The summed E-state index contributed by atoms with van der Waals surface area (Å²) < 4.78 is 4.20. The van der Waals surface area contributed by atoms with Gasteiger partial charge in [-0.3, -0.25) is 0 Å². The maximum Gasteiger partial charge on any atom is 0.149 e. The minimum Gasteiger partial charge on any atom is -0.382 e. The summed E-state index contributed by atoms with van der Waals surface area (Å²) in [5, 5.41) is 7.35. The molecule has 0 fully saturated rings. The van der Waals surface area contributed by atoms with Gasteiger partial charge in [0.2, 0.25) is 0 Å². The van der Waals surface area contributed by atoms with Gasteiger partial charge in [-0.1, -0.05) is 0 Å². The van der Waals surface area contributed by atoms with Crippen LogP contribution in [0.15, 0.2) is 5.38 Å². The van der Waals surface area contributed by atoms with E-state index in [1.54, 1.807) is 11.3 Å². The van der Waals surface area contributed by atoms with Crippen molar-refractivity contribution in [2.75, 3.05) is 29.6 Å². The summed E-state index contributed by atoms with van der Waals surface area (Å²) in [7, 11) is 0. The topological polar surface area (TPSA) is 63.8 Å². The van der Waals surface area contributed by atoms with Gasteiger partial charge in [0, 0.05) is 23.4 Å². The van der Waals surface area contributed by atoms with Crippen molar-refractivity contribution in [3.05, 3.63) is 11.1 Å². The number of anilines is 2. The van der Waals surface area contributed by atoms with Crippen LogP contribution in [0.4, 0.5) is 10.8 Å². The molecule has 2 rings (SSSR count). The van der Waals surface area contributed by atoms with Crippen molar-refractivity contribution in [2.24, 2.45) is 0 Å². The second kappa shape index (κ2) is 5.70. The molecule has 7 heteroatoms. The van der Waals surface area contributed by atoms with E-state index in [1.807, 2.05) is 24.1 Å². The van der Waals surface area contributed by atoms with Gasteiger partial charge in [0.1, 0.15) is 15.8 Å². The maximum absolute atomic E-state index is 5.91. The Labute approximate surface area is 113 Å². The van der Waals surface area contributed by atoms with E-state index in [4.69, 9.17) is 5.73 Å². The highest BCUT2D eigenvalue weighted by molar-refractivity contribution is 7.98. The molecule has 0 radical (unpaired) electrons. The number of nitrogen functional groups attached to an aromatic ring is 1. The first-order chi connectivity index (χ1) is 8.22. The van der Waals surface area contributed by atoms with E-state index in [9.17, 15) is 0 Å². The molecule has 0 aliphatic rings. The quantitative estimate of drug-likeness (QED) is 0.827. The molecule has 92 valence electrons. The molecular formula is C10H14N4S3. The van der Waals surface area contributed by atoms with Gasteiger partial charge < -0.3 is 11.1 Å². The summed E-state index contributed by atoms with van der Waals surface area (Å²) in [4.78, 5) is 4.46. The molecule has 0 aromatic carbocycles. The predicted octanol–water partition coefficient (Wildman–Crippen LogP) is 2.93. The van der Waals surface area contributed by atoms with Crippen LogP contribution < -0.4 is 11.1 Å². The summed E-state index contributed by atoms with van der Waals surface area (Å²) in [6, 6.07) is 0. The SMILES string of the molecule is CSCCNc1snc(N)c1-c1nc(C)cs1.